The maximum Gasteiger partial charge on any atom is 0.133 e. The van der Waals surface area contributed by atoms with E-state index in [0.29, 0.717) is 12.0 Å². The molecule has 0 saturated carbocycles. The van der Waals surface area contributed by atoms with Gasteiger partial charge in [0.15, 0.2) is 0 Å². The topological polar surface area (TPSA) is 67.1 Å². The van der Waals surface area contributed by atoms with Crippen molar-refractivity contribution in [2.45, 2.75) is 27.2 Å². The average Bonchev–Trinajstić information content (AvgIpc) is 2.33. The minimum Gasteiger partial charge on any atom is -0.369 e. The molecule has 0 spiro atoms. The highest BCUT2D eigenvalue weighted by Gasteiger charge is 2.12. The molecule has 0 aliphatic carbocycles. The summed E-state index contributed by atoms with van der Waals surface area (Å²) in [6.45, 7) is 9.04. The lowest BCUT2D eigenvalue weighted by molar-refractivity contribution is 0.381. The summed E-state index contributed by atoms with van der Waals surface area (Å²) >= 11 is 0. The molecule has 0 aromatic carbocycles. The van der Waals surface area contributed by atoms with Gasteiger partial charge in [0.2, 0.25) is 0 Å². The van der Waals surface area contributed by atoms with Gasteiger partial charge in [0.1, 0.15) is 18.0 Å². The van der Waals surface area contributed by atoms with Gasteiger partial charge in [-0.25, -0.2) is 9.97 Å². The normalized spacial score (nSPS) is 11.4. The van der Waals surface area contributed by atoms with Crippen LogP contribution in [0.15, 0.2) is 12.4 Å². The molecule has 1 heterocycles. The number of aromatic nitrogens is 2. The van der Waals surface area contributed by atoms with Gasteiger partial charge in [-0.1, -0.05) is 20.8 Å². The molecular formula is C13H25N5. The van der Waals surface area contributed by atoms with Crippen LogP contribution in [0, 0.1) is 5.41 Å². The molecule has 5 nitrogen and oxygen atoms in total. The van der Waals surface area contributed by atoms with Gasteiger partial charge >= 0.3 is 0 Å². The molecule has 0 aliphatic rings. The smallest absolute Gasteiger partial charge is 0.133 e. The van der Waals surface area contributed by atoms with E-state index in [1.165, 1.54) is 0 Å². The van der Waals surface area contributed by atoms with Crippen molar-refractivity contribution in [3.8, 4) is 0 Å². The Morgan fingerprint density at radius 2 is 2.06 bits per heavy atom. The average molecular weight is 251 g/mol. The van der Waals surface area contributed by atoms with Crippen molar-refractivity contribution >= 4 is 11.6 Å². The van der Waals surface area contributed by atoms with Crippen molar-refractivity contribution in [1.29, 1.82) is 0 Å². The molecule has 0 unspecified atom stereocenters. The second-order valence-electron chi connectivity index (χ2n) is 5.71. The molecule has 1 aromatic rings. The molecule has 5 heteroatoms. The Morgan fingerprint density at radius 3 is 2.67 bits per heavy atom. The minimum atomic E-state index is 0.335. The summed E-state index contributed by atoms with van der Waals surface area (Å²) in [5, 5.41) is 3.16. The third kappa shape index (κ3) is 5.31. The van der Waals surface area contributed by atoms with E-state index < -0.39 is 0 Å². The standard InChI is InChI=1S/C13H25N5/c1-13(2,3)5-8-18(4)12-9-11(15-7-6-14)16-10-17-12/h9-10H,5-8,14H2,1-4H3,(H,15,16,17). The molecular weight excluding hydrogens is 226 g/mol. The van der Waals surface area contributed by atoms with E-state index in [1.807, 2.05) is 6.07 Å². The number of nitrogens with one attached hydrogen (secondary N) is 1. The summed E-state index contributed by atoms with van der Waals surface area (Å²) < 4.78 is 0. The van der Waals surface area contributed by atoms with Crippen LogP contribution in [0.5, 0.6) is 0 Å². The molecule has 0 fully saturated rings. The van der Waals surface area contributed by atoms with E-state index in [0.717, 1.165) is 31.1 Å². The Kier molecular flexibility index (Phi) is 5.34. The summed E-state index contributed by atoms with van der Waals surface area (Å²) in [7, 11) is 2.06. The van der Waals surface area contributed by atoms with E-state index in [2.05, 4.69) is 48.0 Å². The molecule has 1 rings (SSSR count). The first kappa shape index (κ1) is 14.7. The van der Waals surface area contributed by atoms with E-state index in [1.54, 1.807) is 6.33 Å². The highest BCUT2D eigenvalue weighted by atomic mass is 15.2. The van der Waals surface area contributed by atoms with E-state index in [-0.39, 0.29) is 0 Å². The highest BCUT2D eigenvalue weighted by molar-refractivity contribution is 5.47. The lowest BCUT2D eigenvalue weighted by atomic mass is 9.92. The van der Waals surface area contributed by atoms with Gasteiger partial charge in [-0.3, -0.25) is 0 Å². The fourth-order valence-electron chi connectivity index (χ4n) is 1.47. The Morgan fingerprint density at radius 1 is 1.33 bits per heavy atom. The zero-order valence-corrected chi connectivity index (χ0v) is 11.9. The number of hydrogen-bond donors (Lipinski definition) is 2. The zero-order valence-electron chi connectivity index (χ0n) is 11.9. The van der Waals surface area contributed by atoms with E-state index >= 15 is 0 Å². The number of rotatable bonds is 6. The van der Waals surface area contributed by atoms with Crippen LogP contribution in [-0.4, -0.2) is 36.6 Å². The first-order valence-electron chi connectivity index (χ1n) is 6.39. The lowest BCUT2D eigenvalue weighted by Gasteiger charge is -2.24. The van der Waals surface area contributed by atoms with E-state index in [9.17, 15) is 0 Å². The number of nitrogens with two attached hydrogens (primary N) is 1. The second-order valence-corrected chi connectivity index (χ2v) is 5.71. The highest BCUT2D eigenvalue weighted by Crippen LogP contribution is 2.20. The van der Waals surface area contributed by atoms with Crippen LogP contribution >= 0.6 is 0 Å². The summed E-state index contributed by atoms with van der Waals surface area (Å²) in [5.74, 6) is 1.77. The molecule has 0 aliphatic heterocycles. The van der Waals surface area contributed by atoms with Crippen LogP contribution in [0.1, 0.15) is 27.2 Å². The summed E-state index contributed by atoms with van der Waals surface area (Å²) in [6, 6.07) is 1.96. The summed E-state index contributed by atoms with van der Waals surface area (Å²) in [5.41, 5.74) is 5.79. The predicted molar refractivity (Wildman–Crippen MR) is 76.9 cm³/mol. The largest absolute Gasteiger partial charge is 0.369 e. The maximum absolute atomic E-state index is 5.45. The molecule has 102 valence electrons. The van der Waals surface area contributed by atoms with Crippen molar-refractivity contribution in [2.24, 2.45) is 11.1 Å². The quantitative estimate of drug-likeness (QED) is 0.806. The molecule has 3 N–H and O–H groups in total. The molecule has 0 amide bonds. The van der Waals surface area contributed by atoms with Gasteiger partial charge < -0.3 is 16.0 Å². The minimum absolute atomic E-state index is 0.335. The predicted octanol–water partition coefficient (Wildman–Crippen LogP) is 1.72. The molecule has 0 radical (unpaired) electrons. The number of anilines is 2. The van der Waals surface area contributed by atoms with Gasteiger partial charge in [0.05, 0.1) is 0 Å². The Balaban J connectivity index is 2.59. The van der Waals surface area contributed by atoms with Gasteiger partial charge in [0.25, 0.3) is 0 Å². The van der Waals surface area contributed by atoms with Crippen LogP contribution in [0.4, 0.5) is 11.6 Å². The molecule has 18 heavy (non-hydrogen) atoms. The zero-order chi connectivity index (χ0) is 13.6. The third-order valence-electron chi connectivity index (χ3n) is 2.69. The lowest BCUT2D eigenvalue weighted by Crippen LogP contribution is -2.24. The van der Waals surface area contributed by atoms with Gasteiger partial charge in [-0.05, 0) is 11.8 Å². The van der Waals surface area contributed by atoms with Crippen molar-refractivity contribution < 1.29 is 0 Å². The van der Waals surface area contributed by atoms with Crippen molar-refractivity contribution in [2.75, 3.05) is 36.9 Å². The SMILES string of the molecule is CN(CCC(C)(C)C)c1cc(NCCN)ncn1. The van der Waals surface area contributed by atoms with Gasteiger partial charge in [-0.2, -0.15) is 0 Å². The summed E-state index contributed by atoms with van der Waals surface area (Å²) in [6.07, 6.45) is 2.71. The first-order chi connectivity index (χ1) is 8.42. The fourth-order valence-corrected chi connectivity index (χ4v) is 1.47. The third-order valence-corrected chi connectivity index (χ3v) is 2.69. The molecule has 0 bridgehead atoms. The molecule has 0 saturated heterocycles. The number of nitrogens with zero attached hydrogens (tertiary/aromatic N) is 3. The van der Waals surface area contributed by atoms with Crippen LogP contribution < -0.4 is 16.0 Å². The molecule has 1 aromatic heterocycles. The maximum atomic E-state index is 5.45. The van der Waals surface area contributed by atoms with Crippen LogP contribution in [-0.2, 0) is 0 Å². The van der Waals surface area contributed by atoms with Crippen LogP contribution in [0.25, 0.3) is 0 Å². The van der Waals surface area contributed by atoms with Crippen LogP contribution in [0.3, 0.4) is 0 Å². The van der Waals surface area contributed by atoms with Crippen molar-refractivity contribution in [3.05, 3.63) is 12.4 Å². The van der Waals surface area contributed by atoms with Crippen molar-refractivity contribution in [3.63, 3.8) is 0 Å². The fraction of sp³-hybridized carbons (Fsp3) is 0.692. The van der Waals surface area contributed by atoms with Crippen LogP contribution in [0.2, 0.25) is 0 Å². The Labute approximate surface area is 110 Å². The van der Waals surface area contributed by atoms with Gasteiger partial charge in [-0.15, -0.1) is 0 Å². The second kappa shape index (κ2) is 6.54. The Hall–Kier alpha value is -1.36. The Bertz CT molecular complexity index is 359. The van der Waals surface area contributed by atoms with Crippen molar-refractivity contribution in [1.82, 2.24) is 9.97 Å². The molecule has 0 atom stereocenters. The first-order valence-corrected chi connectivity index (χ1v) is 6.39. The van der Waals surface area contributed by atoms with Gasteiger partial charge in [0, 0.05) is 32.7 Å². The monoisotopic (exact) mass is 251 g/mol. The number of hydrogen-bond acceptors (Lipinski definition) is 5. The van der Waals surface area contributed by atoms with E-state index in [4.69, 9.17) is 5.73 Å². The summed E-state index contributed by atoms with van der Waals surface area (Å²) in [4.78, 5) is 10.6.